The highest BCUT2D eigenvalue weighted by molar-refractivity contribution is 7.92. The zero-order valence-corrected chi connectivity index (χ0v) is 21.9. The number of benzene rings is 3. The van der Waals surface area contributed by atoms with E-state index in [1.54, 1.807) is 56.3 Å². The van der Waals surface area contributed by atoms with Crippen molar-refractivity contribution in [2.24, 2.45) is 0 Å². The van der Waals surface area contributed by atoms with Gasteiger partial charge in [0.2, 0.25) is 11.8 Å². The number of para-hydroxylation sites is 1. The third kappa shape index (κ3) is 6.65. The lowest BCUT2D eigenvalue weighted by Gasteiger charge is -2.32. The molecule has 0 aliphatic heterocycles. The molecule has 7 nitrogen and oxygen atoms in total. The van der Waals surface area contributed by atoms with Gasteiger partial charge in [0.15, 0.2) is 0 Å². The molecule has 2 amide bonds. The second kappa shape index (κ2) is 12.6. The zero-order valence-electron chi connectivity index (χ0n) is 20.3. The molecule has 0 aliphatic carbocycles. The smallest absolute Gasteiger partial charge is 0.264 e. The van der Waals surface area contributed by atoms with Gasteiger partial charge < -0.3 is 10.2 Å². The largest absolute Gasteiger partial charge is 0.355 e. The Labute approximate surface area is 217 Å². The normalized spacial score (nSPS) is 12.0. The SMILES string of the molecule is CCNC(=O)C(C)N(CCc1ccccc1)C(=O)CN(c1ccccc1Cl)S(=O)(=O)c1ccccc1. The molecular weight excluding hydrogens is 498 g/mol. The lowest BCUT2D eigenvalue weighted by molar-refractivity contribution is -0.138. The molecular formula is C27H30ClN3O4S. The fourth-order valence-electron chi connectivity index (χ4n) is 3.78. The van der Waals surface area contributed by atoms with E-state index in [1.165, 1.54) is 17.0 Å². The first-order valence-electron chi connectivity index (χ1n) is 11.7. The predicted molar refractivity (Wildman–Crippen MR) is 142 cm³/mol. The van der Waals surface area contributed by atoms with Gasteiger partial charge in [0.25, 0.3) is 10.0 Å². The minimum Gasteiger partial charge on any atom is -0.355 e. The van der Waals surface area contributed by atoms with Gasteiger partial charge in [0.1, 0.15) is 12.6 Å². The molecule has 0 saturated heterocycles. The molecule has 3 rings (SSSR count). The molecule has 36 heavy (non-hydrogen) atoms. The number of amides is 2. The van der Waals surface area contributed by atoms with Crippen LogP contribution in [-0.4, -0.2) is 50.8 Å². The number of hydrogen-bond acceptors (Lipinski definition) is 4. The molecule has 3 aromatic carbocycles. The highest BCUT2D eigenvalue weighted by Gasteiger charge is 2.32. The fourth-order valence-corrected chi connectivity index (χ4v) is 5.52. The maximum Gasteiger partial charge on any atom is 0.264 e. The summed E-state index contributed by atoms with van der Waals surface area (Å²) in [5, 5.41) is 2.94. The first kappa shape index (κ1) is 27.2. The highest BCUT2D eigenvalue weighted by atomic mass is 35.5. The van der Waals surface area contributed by atoms with Crippen LogP contribution in [0.25, 0.3) is 0 Å². The third-order valence-corrected chi connectivity index (χ3v) is 7.83. The van der Waals surface area contributed by atoms with Crippen LogP contribution in [0.5, 0.6) is 0 Å². The molecule has 1 unspecified atom stereocenters. The van der Waals surface area contributed by atoms with Crippen molar-refractivity contribution in [2.75, 3.05) is 23.9 Å². The van der Waals surface area contributed by atoms with E-state index in [2.05, 4.69) is 5.32 Å². The number of nitrogens with zero attached hydrogens (tertiary/aromatic N) is 2. The molecule has 1 atom stereocenters. The fraction of sp³-hybridized carbons (Fsp3) is 0.259. The van der Waals surface area contributed by atoms with Gasteiger partial charge in [-0.2, -0.15) is 0 Å². The monoisotopic (exact) mass is 527 g/mol. The highest BCUT2D eigenvalue weighted by Crippen LogP contribution is 2.30. The van der Waals surface area contributed by atoms with Gasteiger partial charge in [0.05, 0.1) is 15.6 Å². The van der Waals surface area contributed by atoms with Gasteiger partial charge >= 0.3 is 0 Å². The number of carbonyl (C=O) groups excluding carboxylic acids is 2. The standard InChI is InChI=1S/C27H30ClN3O4S/c1-3-29-27(33)21(2)30(19-18-22-12-6-4-7-13-22)26(32)20-31(25-17-11-10-16-24(25)28)36(34,35)23-14-8-5-9-15-23/h4-17,21H,3,18-20H2,1-2H3,(H,29,33). The van der Waals surface area contributed by atoms with Crippen molar-refractivity contribution in [3.8, 4) is 0 Å². The first-order chi connectivity index (χ1) is 17.3. The van der Waals surface area contributed by atoms with Crippen molar-refractivity contribution >= 4 is 39.1 Å². The summed E-state index contributed by atoms with van der Waals surface area (Å²) in [6.45, 7) is 3.58. The van der Waals surface area contributed by atoms with Crippen LogP contribution in [0, 0.1) is 0 Å². The van der Waals surface area contributed by atoms with E-state index >= 15 is 0 Å². The van der Waals surface area contributed by atoms with E-state index in [4.69, 9.17) is 11.6 Å². The number of likely N-dealkylation sites (N-methyl/N-ethyl adjacent to an activating group) is 1. The molecule has 190 valence electrons. The van der Waals surface area contributed by atoms with Crippen molar-refractivity contribution < 1.29 is 18.0 Å². The Hall–Kier alpha value is -3.36. The summed E-state index contributed by atoms with van der Waals surface area (Å²) >= 11 is 6.38. The number of halogens is 1. The van der Waals surface area contributed by atoms with Crippen molar-refractivity contribution in [1.82, 2.24) is 10.2 Å². The minimum absolute atomic E-state index is 0.0327. The topological polar surface area (TPSA) is 86.8 Å². The van der Waals surface area contributed by atoms with Crippen molar-refractivity contribution in [3.63, 3.8) is 0 Å². The molecule has 0 heterocycles. The second-order valence-corrected chi connectivity index (χ2v) is 10.4. The molecule has 9 heteroatoms. The van der Waals surface area contributed by atoms with Gasteiger partial charge in [0, 0.05) is 13.1 Å². The summed E-state index contributed by atoms with van der Waals surface area (Å²) < 4.78 is 28.3. The summed E-state index contributed by atoms with van der Waals surface area (Å²) in [6.07, 6.45) is 0.508. The van der Waals surface area contributed by atoms with Gasteiger partial charge in [-0.25, -0.2) is 8.42 Å². The molecule has 0 aliphatic rings. The zero-order chi connectivity index (χ0) is 26.1. The Kier molecular flexibility index (Phi) is 9.50. The Morgan fingerprint density at radius 2 is 1.50 bits per heavy atom. The van der Waals surface area contributed by atoms with E-state index in [-0.39, 0.29) is 28.1 Å². The van der Waals surface area contributed by atoms with Crippen molar-refractivity contribution in [1.29, 1.82) is 0 Å². The van der Waals surface area contributed by atoms with Crippen molar-refractivity contribution in [3.05, 3.63) is 95.5 Å². The van der Waals surface area contributed by atoms with E-state index in [9.17, 15) is 18.0 Å². The van der Waals surface area contributed by atoms with Crippen LogP contribution in [-0.2, 0) is 26.0 Å². The van der Waals surface area contributed by atoms with E-state index in [0.717, 1.165) is 9.87 Å². The molecule has 3 aromatic rings. The van der Waals surface area contributed by atoms with Crippen LogP contribution in [0.4, 0.5) is 5.69 Å². The van der Waals surface area contributed by atoms with E-state index in [1.807, 2.05) is 30.3 Å². The number of rotatable bonds is 11. The molecule has 1 N–H and O–H groups in total. The van der Waals surface area contributed by atoms with Crippen molar-refractivity contribution in [2.45, 2.75) is 31.2 Å². The Balaban J connectivity index is 1.97. The third-order valence-electron chi connectivity index (χ3n) is 5.73. The first-order valence-corrected chi connectivity index (χ1v) is 13.5. The second-order valence-electron chi connectivity index (χ2n) is 8.17. The number of anilines is 1. The lowest BCUT2D eigenvalue weighted by atomic mass is 10.1. The van der Waals surface area contributed by atoms with Gasteiger partial charge in [-0.05, 0) is 50.1 Å². The predicted octanol–water partition coefficient (Wildman–Crippen LogP) is 4.13. The van der Waals surface area contributed by atoms with Gasteiger partial charge in [-0.15, -0.1) is 0 Å². The van der Waals surface area contributed by atoms with Crippen LogP contribution in [0.2, 0.25) is 5.02 Å². The lowest BCUT2D eigenvalue weighted by Crippen LogP contribution is -2.52. The number of nitrogens with one attached hydrogen (secondary N) is 1. The summed E-state index contributed by atoms with van der Waals surface area (Å²) in [7, 11) is -4.13. The molecule has 0 saturated carbocycles. The Bertz CT molecular complexity index is 1270. The molecule has 0 bridgehead atoms. The van der Waals surface area contributed by atoms with Crippen LogP contribution in [0.3, 0.4) is 0 Å². The van der Waals surface area contributed by atoms with Crippen LogP contribution < -0.4 is 9.62 Å². The summed E-state index contributed by atoms with van der Waals surface area (Å²) in [4.78, 5) is 27.8. The average Bonchev–Trinajstić information content (AvgIpc) is 2.89. The number of carbonyl (C=O) groups is 2. The van der Waals surface area contributed by atoms with Gasteiger partial charge in [-0.3, -0.25) is 13.9 Å². The van der Waals surface area contributed by atoms with Crippen LogP contribution >= 0.6 is 11.6 Å². The van der Waals surface area contributed by atoms with Gasteiger partial charge in [-0.1, -0.05) is 72.3 Å². The maximum absolute atomic E-state index is 13.7. The summed E-state index contributed by atoms with van der Waals surface area (Å²) in [6, 6.07) is 23.1. The van der Waals surface area contributed by atoms with Crippen LogP contribution in [0.1, 0.15) is 19.4 Å². The van der Waals surface area contributed by atoms with E-state index < -0.39 is 28.5 Å². The van der Waals surface area contributed by atoms with E-state index in [0.29, 0.717) is 13.0 Å². The quantitative estimate of drug-likeness (QED) is 0.406. The summed E-state index contributed by atoms with van der Waals surface area (Å²) in [5.41, 5.74) is 1.18. The molecule has 0 fully saturated rings. The molecule has 0 spiro atoms. The van der Waals surface area contributed by atoms with Crippen LogP contribution in [0.15, 0.2) is 89.8 Å². The number of hydrogen-bond donors (Lipinski definition) is 1. The Morgan fingerprint density at radius 1 is 0.917 bits per heavy atom. The maximum atomic E-state index is 13.7. The molecule has 0 radical (unpaired) electrons. The summed E-state index contributed by atoms with van der Waals surface area (Å²) in [5.74, 6) is -0.821. The number of sulfonamides is 1. The molecule has 0 aromatic heterocycles. The minimum atomic E-state index is -4.13. The Morgan fingerprint density at radius 3 is 2.11 bits per heavy atom. The average molecular weight is 528 g/mol.